The molecule has 8 heteroatoms. The largest absolute Gasteiger partial charge is 0.478 e. The van der Waals surface area contributed by atoms with Gasteiger partial charge in [-0.05, 0) is 48.1 Å². The zero-order valence-electron chi connectivity index (χ0n) is 18.5. The van der Waals surface area contributed by atoms with E-state index in [2.05, 4.69) is 16.4 Å². The van der Waals surface area contributed by atoms with Crippen LogP contribution in [0, 0.1) is 11.3 Å². The van der Waals surface area contributed by atoms with Gasteiger partial charge in [-0.15, -0.1) is 0 Å². The molecule has 1 aromatic heterocycles. The molecule has 1 fully saturated rings. The molecule has 0 aliphatic carbocycles. The second-order valence-electron chi connectivity index (χ2n) is 8.36. The number of carboxylic acids is 1. The molecule has 1 unspecified atom stereocenters. The number of hydrogen-bond acceptors (Lipinski definition) is 6. The Morgan fingerprint density at radius 2 is 2.06 bits per heavy atom. The molecule has 2 aliphatic rings. The fourth-order valence-corrected chi connectivity index (χ4v) is 4.53. The Hall–Kier alpha value is -3.70. The average Bonchev–Trinajstić information content (AvgIpc) is 2.81. The number of nitriles is 1. The minimum Gasteiger partial charge on any atom is -0.478 e. The molecular weight excluding hydrogens is 420 g/mol. The van der Waals surface area contributed by atoms with Crippen molar-refractivity contribution in [3.05, 3.63) is 64.9 Å². The Morgan fingerprint density at radius 3 is 2.76 bits per heavy atom. The summed E-state index contributed by atoms with van der Waals surface area (Å²) in [4.78, 5) is 29.7. The van der Waals surface area contributed by atoms with Gasteiger partial charge in [0, 0.05) is 32.3 Å². The first kappa shape index (κ1) is 22.5. The molecule has 33 heavy (non-hydrogen) atoms. The van der Waals surface area contributed by atoms with Gasteiger partial charge in [-0.25, -0.2) is 9.78 Å². The van der Waals surface area contributed by atoms with E-state index >= 15 is 0 Å². The van der Waals surface area contributed by atoms with Crippen LogP contribution in [0.4, 0.5) is 0 Å². The van der Waals surface area contributed by atoms with Crippen molar-refractivity contribution < 1.29 is 19.4 Å². The van der Waals surface area contributed by atoms with E-state index in [4.69, 9.17) is 10.00 Å². The number of benzene rings is 1. The number of nitrogens with zero attached hydrogens (tertiary/aromatic N) is 3. The van der Waals surface area contributed by atoms with Crippen LogP contribution in [0.1, 0.15) is 36.5 Å². The van der Waals surface area contributed by atoms with E-state index in [-0.39, 0.29) is 18.0 Å². The molecule has 3 heterocycles. The van der Waals surface area contributed by atoms with Crippen LogP contribution in [-0.2, 0) is 16.0 Å². The lowest BCUT2D eigenvalue weighted by atomic mass is 9.83. The van der Waals surface area contributed by atoms with Gasteiger partial charge >= 0.3 is 5.97 Å². The third-order valence-corrected chi connectivity index (χ3v) is 6.12. The molecule has 1 saturated heterocycles. The monoisotopic (exact) mass is 446 g/mol. The Kier molecular flexibility index (Phi) is 6.71. The molecule has 0 radical (unpaired) electrons. The van der Waals surface area contributed by atoms with E-state index in [1.165, 1.54) is 6.92 Å². The molecule has 2 bridgehead atoms. The summed E-state index contributed by atoms with van der Waals surface area (Å²) in [6.45, 7) is 2.93. The normalized spacial score (nSPS) is 19.7. The van der Waals surface area contributed by atoms with Crippen LogP contribution >= 0.6 is 0 Å². The summed E-state index contributed by atoms with van der Waals surface area (Å²) >= 11 is 0. The third-order valence-electron chi connectivity index (χ3n) is 6.12. The third kappa shape index (κ3) is 5.04. The van der Waals surface area contributed by atoms with Crippen LogP contribution < -0.4 is 10.1 Å². The SMILES string of the molecule is CC(=O)N1CC2CC(c3ccc(CCCOc4ncccc4C#N)cc3)=C(C(=O)O)[C@@H](C1)N2. The summed E-state index contributed by atoms with van der Waals surface area (Å²) in [5.74, 6) is -0.623. The first-order chi connectivity index (χ1) is 16.0. The van der Waals surface area contributed by atoms with Crippen molar-refractivity contribution in [2.24, 2.45) is 0 Å². The number of ether oxygens (including phenoxy) is 1. The standard InChI is InChI=1S/C25H26N4O4/c1-16(30)29-14-20-12-21(23(25(31)32)22(15-29)28-20)18-8-6-17(7-9-18)4-3-11-33-24-19(13-26)5-2-10-27-24/h2,5-10,20,22,28H,3-4,11-12,14-15H2,1H3,(H,31,32)/t20?,22-/m1/s1. The highest BCUT2D eigenvalue weighted by molar-refractivity contribution is 5.98. The van der Waals surface area contributed by atoms with Gasteiger partial charge in [0.25, 0.3) is 0 Å². The second kappa shape index (κ2) is 9.84. The zero-order chi connectivity index (χ0) is 23.4. The maximum Gasteiger partial charge on any atom is 0.333 e. The minimum atomic E-state index is -0.946. The quantitative estimate of drug-likeness (QED) is 0.628. The number of aliphatic carboxylic acids is 1. The maximum atomic E-state index is 12.1. The molecule has 2 aromatic rings. The lowest BCUT2D eigenvalue weighted by molar-refractivity contribution is -0.135. The summed E-state index contributed by atoms with van der Waals surface area (Å²) < 4.78 is 5.64. The fourth-order valence-electron chi connectivity index (χ4n) is 4.53. The highest BCUT2D eigenvalue weighted by Crippen LogP contribution is 2.33. The zero-order valence-corrected chi connectivity index (χ0v) is 18.5. The van der Waals surface area contributed by atoms with Gasteiger partial charge in [-0.3, -0.25) is 4.79 Å². The molecule has 170 valence electrons. The van der Waals surface area contributed by atoms with Gasteiger partial charge in [0.2, 0.25) is 11.8 Å². The van der Waals surface area contributed by atoms with Crippen molar-refractivity contribution in [3.8, 4) is 11.9 Å². The van der Waals surface area contributed by atoms with Gasteiger partial charge in [0.1, 0.15) is 11.6 Å². The Labute approximate surface area is 192 Å². The Morgan fingerprint density at radius 1 is 1.27 bits per heavy atom. The highest BCUT2D eigenvalue weighted by Gasteiger charge is 2.38. The minimum absolute atomic E-state index is 0.0279. The number of carbonyl (C=O) groups excluding carboxylic acids is 1. The first-order valence-electron chi connectivity index (χ1n) is 11.0. The van der Waals surface area contributed by atoms with Gasteiger partial charge < -0.3 is 20.1 Å². The van der Waals surface area contributed by atoms with Crippen LogP contribution in [-0.4, -0.2) is 58.6 Å². The summed E-state index contributed by atoms with van der Waals surface area (Å²) in [6.07, 6.45) is 3.72. The van der Waals surface area contributed by atoms with Crippen LogP contribution in [0.5, 0.6) is 5.88 Å². The predicted molar refractivity (Wildman–Crippen MR) is 121 cm³/mol. The van der Waals surface area contributed by atoms with E-state index < -0.39 is 5.97 Å². The van der Waals surface area contributed by atoms with Crippen LogP contribution in [0.2, 0.25) is 0 Å². The second-order valence-corrected chi connectivity index (χ2v) is 8.36. The van der Waals surface area contributed by atoms with Gasteiger partial charge in [-0.2, -0.15) is 5.26 Å². The van der Waals surface area contributed by atoms with Crippen LogP contribution in [0.3, 0.4) is 0 Å². The summed E-state index contributed by atoms with van der Waals surface area (Å²) in [6, 6.07) is 13.1. The van der Waals surface area contributed by atoms with Crippen molar-refractivity contribution in [3.63, 3.8) is 0 Å². The van der Waals surface area contributed by atoms with Crippen molar-refractivity contribution >= 4 is 17.4 Å². The van der Waals surface area contributed by atoms with E-state index in [1.54, 1.807) is 23.2 Å². The molecular formula is C25H26N4O4. The molecule has 0 saturated carbocycles. The number of aryl methyl sites for hydroxylation is 1. The fraction of sp³-hybridized carbons (Fsp3) is 0.360. The molecule has 4 rings (SSSR count). The highest BCUT2D eigenvalue weighted by atomic mass is 16.5. The molecule has 2 N–H and O–H groups in total. The first-order valence-corrected chi connectivity index (χ1v) is 11.0. The maximum absolute atomic E-state index is 12.1. The Balaban J connectivity index is 1.42. The van der Waals surface area contributed by atoms with Crippen LogP contribution in [0.15, 0.2) is 48.2 Å². The number of rotatable bonds is 7. The predicted octanol–water partition coefficient (Wildman–Crippen LogP) is 2.40. The topological polar surface area (TPSA) is 116 Å². The summed E-state index contributed by atoms with van der Waals surface area (Å²) in [5.41, 5.74) is 3.64. The van der Waals surface area contributed by atoms with Crippen molar-refractivity contribution in [2.45, 2.75) is 38.3 Å². The molecule has 2 atom stereocenters. The number of carboxylic acid groups (broad SMARTS) is 1. The number of carbonyl (C=O) groups is 2. The summed E-state index contributed by atoms with van der Waals surface area (Å²) in [5, 5.41) is 22.4. The number of amides is 1. The van der Waals surface area contributed by atoms with Gasteiger partial charge in [0.05, 0.1) is 18.2 Å². The number of piperazine rings is 1. The van der Waals surface area contributed by atoms with Crippen molar-refractivity contribution in [2.75, 3.05) is 19.7 Å². The smallest absolute Gasteiger partial charge is 0.333 e. The average molecular weight is 447 g/mol. The van der Waals surface area contributed by atoms with E-state index in [9.17, 15) is 14.7 Å². The van der Waals surface area contributed by atoms with Crippen LogP contribution in [0.25, 0.3) is 5.57 Å². The molecule has 8 nitrogen and oxygen atoms in total. The number of fused-ring (bicyclic) bond motifs is 2. The number of hydrogen-bond donors (Lipinski definition) is 2. The van der Waals surface area contributed by atoms with Gasteiger partial charge in [-0.1, -0.05) is 24.3 Å². The lowest BCUT2D eigenvalue weighted by Gasteiger charge is -2.43. The molecule has 2 aliphatic heterocycles. The molecule has 1 aromatic carbocycles. The van der Waals surface area contributed by atoms with Crippen molar-refractivity contribution in [1.29, 1.82) is 5.26 Å². The Bertz CT molecular complexity index is 1120. The van der Waals surface area contributed by atoms with Gasteiger partial charge in [0.15, 0.2) is 0 Å². The molecule has 0 spiro atoms. The van der Waals surface area contributed by atoms with E-state index in [0.29, 0.717) is 43.1 Å². The lowest BCUT2D eigenvalue weighted by Crippen LogP contribution is -2.61. The van der Waals surface area contributed by atoms with E-state index in [1.807, 2.05) is 24.3 Å². The number of aromatic nitrogens is 1. The number of pyridine rings is 1. The number of nitrogens with one attached hydrogen (secondary N) is 1. The van der Waals surface area contributed by atoms with E-state index in [0.717, 1.165) is 29.5 Å². The summed E-state index contributed by atoms with van der Waals surface area (Å²) in [7, 11) is 0. The molecule has 1 amide bonds. The van der Waals surface area contributed by atoms with Crippen molar-refractivity contribution in [1.82, 2.24) is 15.2 Å².